The zero-order valence-corrected chi connectivity index (χ0v) is 15.0. The SMILES string of the molecule is CC(CN)C(=O)N1CCCC1C(=O)Nc1cc(Cl)cc(Cl)c1.Cl. The van der Waals surface area contributed by atoms with Gasteiger partial charge in [0.25, 0.3) is 0 Å². The van der Waals surface area contributed by atoms with Crippen molar-refractivity contribution < 1.29 is 9.59 Å². The number of amides is 2. The number of nitrogens with one attached hydrogen (secondary N) is 1. The van der Waals surface area contributed by atoms with Crippen molar-refractivity contribution in [3.8, 4) is 0 Å². The van der Waals surface area contributed by atoms with Crippen LogP contribution in [0.4, 0.5) is 5.69 Å². The van der Waals surface area contributed by atoms with E-state index >= 15 is 0 Å². The van der Waals surface area contributed by atoms with Gasteiger partial charge in [0, 0.05) is 34.7 Å². The van der Waals surface area contributed by atoms with Crippen molar-refractivity contribution in [2.24, 2.45) is 11.7 Å². The van der Waals surface area contributed by atoms with E-state index in [0.717, 1.165) is 6.42 Å². The first-order valence-corrected chi connectivity index (χ1v) is 7.95. The van der Waals surface area contributed by atoms with E-state index in [1.54, 1.807) is 30.0 Å². The normalized spacial score (nSPS) is 18.3. The fourth-order valence-corrected chi connectivity index (χ4v) is 3.06. The highest BCUT2D eigenvalue weighted by Gasteiger charge is 2.35. The summed E-state index contributed by atoms with van der Waals surface area (Å²) in [5, 5.41) is 3.66. The molecule has 0 spiro atoms. The predicted molar refractivity (Wildman–Crippen MR) is 95.3 cm³/mol. The second-order valence-electron chi connectivity index (χ2n) is 5.47. The van der Waals surface area contributed by atoms with Gasteiger partial charge in [0.1, 0.15) is 6.04 Å². The molecule has 1 aliphatic rings. The molecule has 1 heterocycles. The molecular weight excluding hydrogens is 361 g/mol. The molecule has 8 heteroatoms. The van der Waals surface area contributed by atoms with Gasteiger partial charge in [-0.25, -0.2) is 0 Å². The molecule has 2 unspecified atom stereocenters. The number of rotatable bonds is 4. The lowest BCUT2D eigenvalue weighted by Gasteiger charge is -2.26. The Kier molecular flexibility index (Phi) is 7.61. The monoisotopic (exact) mass is 379 g/mol. The summed E-state index contributed by atoms with van der Waals surface area (Å²) >= 11 is 11.8. The quantitative estimate of drug-likeness (QED) is 0.843. The molecule has 3 N–H and O–H groups in total. The number of anilines is 1. The van der Waals surface area contributed by atoms with Gasteiger partial charge >= 0.3 is 0 Å². The van der Waals surface area contributed by atoms with Gasteiger partial charge < -0.3 is 16.0 Å². The molecule has 1 saturated heterocycles. The minimum Gasteiger partial charge on any atom is -0.330 e. The molecule has 2 atom stereocenters. The van der Waals surface area contributed by atoms with Crippen LogP contribution in [-0.4, -0.2) is 35.8 Å². The van der Waals surface area contributed by atoms with E-state index in [-0.39, 0.29) is 36.7 Å². The highest BCUT2D eigenvalue weighted by atomic mass is 35.5. The summed E-state index contributed by atoms with van der Waals surface area (Å²) < 4.78 is 0. The standard InChI is InChI=1S/C15H19Cl2N3O2.ClH/c1-9(8-18)15(22)20-4-2-3-13(20)14(21)19-12-6-10(16)5-11(17)7-12;/h5-7,9,13H,2-4,8,18H2,1H3,(H,19,21);1H. The molecule has 0 saturated carbocycles. The van der Waals surface area contributed by atoms with Crippen LogP contribution in [0.25, 0.3) is 0 Å². The number of hydrogen-bond donors (Lipinski definition) is 2. The zero-order valence-electron chi connectivity index (χ0n) is 12.7. The van der Waals surface area contributed by atoms with E-state index in [0.29, 0.717) is 28.7 Å². The van der Waals surface area contributed by atoms with Gasteiger partial charge in [0.2, 0.25) is 11.8 Å². The van der Waals surface area contributed by atoms with Crippen molar-refractivity contribution >= 4 is 53.1 Å². The third-order valence-electron chi connectivity index (χ3n) is 3.74. The van der Waals surface area contributed by atoms with Crippen molar-refractivity contribution in [2.45, 2.75) is 25.8 Å². The Hall–Kier alpha value is -1.01. The number of nitrogens with zero attached hydrogens (tertiary/aromatic N) is 1. The number of nitrogens with two attached hydrogens (primary N) is 1. The van der Waals surface area contributed by atoms with Crippen molar-refractivity contribution in [3.63, 3.8) is 0 Å². The summed E-state index contributed by atoms with van der Waals surface area (Å²) in [6, 6.07) is 4.36. The van der Waals surface area contributed by atoms with Crippen LogP contribution in [0.1, 0.15) is 19.8 Å². The van der Waals surface area contributed by atoms with Gasteiger partial charge in [0.15, 0.2) is 0 Å². The zero-order chi connectivity index (χ0) is 16.3. The van der Waals surface area contributed by atoms with E-state index < -0.39 is 6.04 Å². The number of benzene rings is 1. The molecule has 1 aliphatic heterocycles. The molecule has 0 aliphatic carbocycles. The fraction of sp³-hybridized carbons (Fsp3) is 0.467. The van der Waals surface area contributed by atoms with Crippen molar-refractivity contribution in [1.29, 1.82) is 0 Å². The molecule has 128 valence electrons. The molecule has 1 fully saturated rings. The summed E-state index contributed by atoms with van der Waals surface area (Å²) in [5.41, 5.74) is 6.06. The second kappa shape index (κ2) is 8.73. The number of carbonyl (C=O) groups is 2. The second-order valence-corrected chi connectivity index (χ2v) is 6.35. The van der Waals surface area contributed by atoms with E-state index in [1.165, 1.54) is 0 Å². The number of halogens is 3. The number of carbonyl (C=O) groups excluding carboxylic acids is 2. The average Bonchev–Trinajstić information content (AvgIpc) is 2.93. The molecular formula is C15H20Cl3N3O2. The first-order chi connectivity index (χ1) is 10.4. The summed E-state index contributed by atoms with van der Waals surface area (Å²) in [7, 11) is 0. The van der Waals surface area contributed by atoms with E-state index in [1.807, 2.05) is 0 Å². The van der Waals surface area contributed by atoms with Gasteiger partial charge in [-0.15, -0.1) is 12.4 Å². The number of likely N-dealkylation sites (tertiary alicyclic amines) is 1. The molecule has 2 rings (SSSR count). The van der Waals surface area contributed by atoms with Crippen LogP contribution in [0.5, 0.6) is 0 Å². The summed E-state index contributed by atoms with van der Waals surface area (Å²) in [6.45, 7) is 2.62. The molecule has 5 nitrogen and oxygen atoms in total. The highest BCUT2D eigenvalue weighted by Crippen LogP contribution is 2.25. The van der Waals surface area contributed by atoms with Gasteiger partial charge in [0.05, 0.1) is 0 Å². The summed E-state index contributed by atoms with van der Waals surface area (Å²) in [4.78, 5) is 26.3. The highest BCUT2D eigenvalue weighted by molar-refractivity contribution is 6.35. The lowest BCUT2D eigenvalue weighted by molar-refractivity contribution is -0.139. The van der Waals surface area contributed by atoms with Gasteiger partial charge in [-0.3, -0.25) is 9.59 Å². The van der Waals surface area contributed by atoms with Crippen LogP contribution >= 0.6 is 35.6 Å². The Balaban J connectivity index is 0.00000264. The topological polar surface area (TPSA) is 75.4 Å². The average molecular weight is 381 g/mol. The Bertz CT molecular complexity index is 563. The van der Waals surface area contributed by atoms with Gasteiger partial charge in [-0.05, 0) is 31.0 Å². The fourth-order valence-electron chi connectivity index (χ4n) is 2.54. The minimum absolute atomic E-state index is 0. The first-order valence-electron chi connectivity index (χ1n) is 7.20. The molecule has 2 amide bonds. The Morgan fingerprint density at radius 3 is 2.52 bits per heavy atom. The van der Waals surface area contributed by atoms with Crippen LogP contribution < -0.4 is 11.1 Å². The third kappa shape index (κ3) is 4.98. The van der Waals surface area contributed by atoms with Crippen LogP contribution in [-0.2, 0) is 9.59 Å². The maximum atomic E-state index is 12.4. The summed E-state index contributed by atoms with van der Waals surface area (Å²) in [5.74, 6) is -0.591. The predicted octanol–water partition coefficient (Wildman–Crippen LogP) is 2.94. The molecule has 1 aromatic carbocycles. The third-order valence-corrected chi connectivity index (χ3v) is 4.18. The Morgan fingerprint density at radius 1 is 1.35 bits per heavy atom. The van der Waals surface area contributed by atoms with Crippen LogP contribution in [0.15, 0.2) is 18.2 Å². The smallest absolute Gasteiger partial charge is 0.247 e. The van der Waals surface area contributed by atoms with Gasteiger partial charge in [-0.1, -0.05) is 30.1 Å². The minimum atomic E-state index is -0.473. The molecule has 0 bridgehead atoms. The van der Waals surface area contributed by atoms with Crippen molar-refractivity contribution in [2.75, 3.05) is 18.4 Å². The summed E-state index contributed by atoms with van der Waals surface area (Å²) in [6.07, 6.45) is 1.45. The van der Waals surface area contributed by atoms with E-state index in [4.69, 9.17) is 28.9 Å². The largest absolute Gasteiger partial charge is 0.330 e. The lowest BCUT2D eigenvalue weighted by atomic mass is 10.1. The molecule has 23 heavy (non-hydrogen) atoms. The Morgan fingerprint density at radius 2 is 1.96 bits per heavy atom. The van der Waals surface area contributed by atoms with Gasteiger partial charge in [-0.2, -0.15) is 0 Å². The van der Waals surface area contributed by atoms with Crippen molar-refractivity contribution in [3.05, 3.63) is 28.2 Å². The van der Waals surface area contributed by atoms with Crippen molar-refractivity contribution in [1.82, 2.24) is 4.90 Å². The lowest BCUT2D eigenvalue weighted by Crippen LogP contribution is -2.46. The van der Waals surface area contributed by atoms with Crippen LogP contribution in [0.3, 0.4) is 0 Å². The van der Waals surface area contributed by atoms with E-state index in [9.17, 15) is 9.59 Å². The Labute approximate surface area is 151 Å². The van der Waals surface area contributed by atoms with Crippen LogP contribution in [0, 0.1) is 5.92 Å². The maximum Gasteiger partial charge on any atom is 0.247 e. The number of hydrogen-bond acceptors (Lipinski definition) is 3. The maximum absolute atomic E-state index is 12.4. The molecule has 0 radical (unpaired) electrons. The molecule has 0 aromatic heterocycles. The van der Waals surface area contributed by atoms with E-state index in [2.05, 4.69) is 5.32 Å². The molecule has 1 aromatic rings. The van der Waals surface area contributed by atoms with Crippen LogP contribution in [0.2, 0.25) is 10.0 Å². The first kappa shape index (κ1) is 20.0.